The van der Waals surface area contributed by atoms with Gasteiger partial charge in [-0.2, -0.15) is 5.26 Å². The van der Waals surface area contributed by atoms with Crippen molar-refractivity contribution in [3.8, 4) is 40.4 Å². The average molecular weight is 311 g/mol. The number of phenolic OH excluding ortho intramolecular Hbond substituents is 4. The first-order valence-electron chi connectivity index (χ1n) is 6.38. The van der Waals surface area contributed by atoms with Gasteiger partial charge in [0.1, 0.15) is 11.6 Å². The van der Waals surface area contributed by atoms with Crippen LogP contribution in [0.3, 0.4) is 0 Å². The molecule has 7 nitrogen and oxygen atoms in total. The highest BCUT2D eigenvalue weighted by Crippen LogP contribution is 2.37. The molecule has 0 amide bonds. The molecule has 2 aromatic carbocycles. The minimum Gasteiger partial charge on any atom is -0.504 e. The van der Waals surface area contributed by atoms with Crippen molar-refractivity contribution in [2.24, 2.45) is 0 Å². The highest BCUT2D eigenvalue weighted by Gasteiger charge is 2.20. The van der Waals surface area contributed by atoms with Gasteiger partial charge in [-0.15, -0.1) is 0 Å². The van der Waals surface area contributed by atoms with E-state index in [2.05, 4.69) is 0 Å². The Kier molecular flexibility index (Phi) is 3.08. The Labute approximate surface area is 128 Å². The zero-order chi connectivity index (χ0) is 16.7. The van der Waals surface area contributed by atoms with Gasteiger partial charge in [0.05, 0.1) is 5.39 Å². The summed E-state index contributed by atoms with van der Waals surface area (Å²) in [6.07, 6.45) is 0. The predicted octanol–water partition coefficient (Wildman–Crippen LogP) is 2.15. The fraction of sp³-hybridized carbons (Fsp3) is 0. The highest BCUT2D eigenvalue weighted by atomic mass is 16.4. The van der Waals surface area contributed by atoms with E-state index < -0.39 is 22.7 Å². The van der Waals surface area contributed by atoms with Crippen LogP contribution in [0.1, 0.15) is 5.56 Å². The molecule has 0 unspecified atom stereocenters. The van der Waals surface area contributed by atoms with Crippen LogP contribution in [0.2, 0.25) is 0 Å². The van der Waals surface area contributed by atoms with E-state index in [9.17, 15) is 30.5 Å². The zero-order valence-electron chi connectivity index (χ0n) is 11.4. The maximum Gasteiger partial charge on any atom is 0.211 e. The Morgan fingerprint density at radius 2 is 1.65 bits per heavy atom. The third-order valence-corrected chi connectivity index (χ3v) is 3.36. The van der Waals surface area contributed by atoms with Gasteiger partial charge in [-0.1, -0.05) is 0 Å². The molecule has 1 heterocycles. The molecule has 0 saturated heterocycles. The van der Waals surface area contributed by atoms with Crippen LogP contribution in [0.15, 0.2) is 39.5 Å². The molecule has 0 radical (unpaired) electrons. The first-order chi connectivity index (χ1) is 10.9. The molecule has 0 saturated carbocycles. The summed E-state index contributed by atoms with van der Waals surface area (Å²) < 4.78 is 5.43. The lowest BCUT2D eigenvalue weighted by Crippen LogP contribution is -2.08. The van der Waals surface area contributed by atoms with Crippen molar-refractivity contribution in [2.75, 3.05) is 0 Å². The number of rotatable bonds is 1. The molecular weight excluding hydrogens is 302 g/mol. The van der Waals surface area contributed by atoms with Crippen LogP contribution in [0, 0.1) is 11.3 Å². The van der Waals surface area contributed by atoms with Crippen LogP contribution in [0.5, 0.6) is 23.0 Å². The van der Waals surface area contributed by atoms with Crippen LogP contribution >= 0.6 is 0 Å². The first kappa shape index (κ1) is 14.3. The molecule has 23 heavy (non-hydrogen) atoms. The summed E-state index contributed by atoms with van der Waals surface area (Å²) in [5.74, 6) is -2.15. The normalized spacial score (nSPS) is 10.6. The molecule has 3 rings (SSSR count). The summed E-state index contributed by atoms with van der Waals surface area (Å²) in [5, 5.41) is 47.5. The lowest BCUT2D eigenvalue weighted by Gasteiger charge is -2.08. The summed E-state index contributed by atoms with van der Waals surface area (Å²) in [6.45, 7) is 0. The molecule has 4 N–H and O–H groups in total. The van der Waals surface area contributed by atoms with Gasteiger partial charge >= 0.3 is 0 Å². The Morgan fingerprint density at radius 1 is 0.957 bits per heavy atom. The number of nitriles is 1. The second kappa shape index (κ2) is 4.96. The van der Waals surface area contributed by atoms with Crippen molar-refractivity contribution in [2.45, 2.75) is 0 Å². The number of hydrogen-bond donors (Lipinski definition) is 4. The summed E-state index contributed by atoms with van der Waals surface area (Å²) >= 11 is 0. The fourth-order valence-corrected chi connectivity index (χ4v) is 2.20. The summed E-state index contributed by atoms with van der Waals surface area (Å²) in [7, 11) is 0. The molecule has 0 spiro atoms. The minimum absolute atomic E-state index is 0.0661. The molecule has 0 aliphatic heterocycles. The van der Waals surface area contributed by atoms with Crippen LogP contribution in [-0.4, -0.2) is 20.4 Å². The summed E-state index contributed by atoms with van der Waals surface area (Å²) in [4.78, 5) is 12.4. The van der Waals surface area contributed by atoms with Gasteiger partial charge in [0, 0.05) is 5.56 Å². The van der Waals surface area contributed by atoms with Crippen LogP contribution in [0.4, 0.5) is 0 Å². The van der Waals surface area contributed by atoms with Gasteiger partial charge in [0.2, 0.25) is 11.2 Å². The van der Waals surface area contributed by atoms with Crippen molar-refractivity contribution < 1.29 is 24.8 Å². The van der Waals surface area contributed by atoms with Gasteiger partial charge in [0.15, 0.2) is 28.6 Å². The number of nitrogens with zero attached hydrogens (tertiary/aromatic N) is 1. The largest absolute Gasteiger partial charge is 0.504 e. The Hall–Kier alpha value is -3.66. The third kappa shape index (κ3) is 2.10. The van der Waals surface area contributed by atoms with Crippen molar-refractivity contribution in [1.82, 2.24) is 0 Å². The molecule has 0 aliphatic carbocycles. The second-order valence-corrected chi connectivity index (χ2v) is 4.76. The molecule has 0 aliphatic rings. The maximum atomic E-state index is 12.4. The van der Waals surface area contributed by atoms with Crippen molar-refractivity contribution in [3.05, 3.63) is 46.1 Å². The van der Waals surface area contributed by atoms with E-state index in [1.54, 1.807) is 6.07 Å². The van der Waals surface area contributed by atoms with E-state index in [1.165, 1.54) is 18.2 Å². The number of hydrogen-bond acceptors (Lipinski definition) is 7. The van der Waals surface area contributed by atoms with Crippen molar-refractivity contribution >= 4 is 11.0 Å². The first-order valence-corrected chi connectivity index (χ1v) is 6.38. The Morgan fingerprint density at radius 3 is 2.30 bits per heavy atom. The Bertz CT molecular complexity index is 1050. The number of fused-ring (bicyclic) bond motifs is 1. The van der Waals surface area contributed by atoms with E-state index in [0.29, 0.717) is 0 Å². The molecule has 7 heteroatoms. The van der Waals surface area contributed by atoms with Gasteiger partial charge < -0.3 is 24.8 Å². The molecule has 0 bridgehead atoms. The van der Waals surface area contributed by atoms with Crippen molar-refractivity contribution in [3.63, 3.8) is 0 Å². The molecule has 0 atom stereocenters. The van der Waals surface area contributed by atoms with E-state index in [1.807, 2.05) is 0 Å². The van der Waals surface area contributed by atoms with Crippen LogP contribution in [-0.2, 0) is 0 Å². The standard InChI is InChI=1S/C16H9NO6/c17-6-9-13(21)8-2-4-11(19)14(22)16(8)23-15(9)7-1-3-10(18)12(20)5-7/h1-5,18-20,22H. The average Bonchev–Trinajstić information content (AvgIpc) is 2.53. The Balaban J connectivity index is 2.45. The second-order valence-electron chi connectivity index (χ2n) is 4.76. The van der Waals surface area contributed by atoms with Gasteiger partial charge in [0.25, 0.3) is 0 Å². The van der Waals surface area contributed by atoms with Crippen LogP contribution < -0.4 is 5.43 Å². The monoisotopic (exact) mass is 311 g/mol. The number of phenols is 4. The lowest BCUT2D eigenvalue weighted by molar-refractivity contribution is 0.399. The summed E-state index contributed by atoms with van der Waals surface area (Å²) in [5.41, 5.74) is -1.14. The highest BCUT2D eigenvalue weighted by molar-refractivity contribution is 5.88. The van der Waals surface area contributed by atoms with Gasteiger partial charge in [-0.3, -0.25) is 4.79 Å². The molecule has 1 aromatic heterocycles. The molecule has 114 valence electrons. The number of benzene rings is 2. The minimum atomic E-state index is -0.688. The zero-order valence-corrected chi connectivity index (χ0v) is 11.4. The SMILES string of the molecule is N#Cc1c(-c2ccc(O)c(O)c2)oc2c(O)c(O)ccc2c1=O. The molecule has 3 aromatic rings. The van der Waals surface area contributed by atoms with E-state index in [-0.39, 0.29) is 33.6 Å². The van der Waals surface area contributed by atoms with E-state index in [0.717, 1.165) is 12.1 Å². The van der Waals surface area contributed by atoms with Gasteiger partial charge in [-0.05, 0) is 30.3 Å². The predicted molar refractivity (Wildman–Crippen MR) is 79.3 cm³/mol. The van der Waals surface area contributed by atoms with E-state index in [4.69, 9.17) is 4.42 Å². The topological polar surface area (TPSA) is 135 Å². The smallest absolute Gasteiger partial charge is 0.211 e. The lowest BCUT2D eigenvalue weighted by atomic mass is 10.0. The van der Waals surface area contributed by atoms with Gasteiger partial charge in [-0.25, -0.2) is 0 Å². The maximum absolute atomic E-state index is 12.4. The molecule has 0 fully saturated rings. The quantitative estimate of drug-likeness (QED) is 0.506. The third-order valence-electron chi connectivity index (χ3n) is 3.36. The number of aromatic hydroxyl groups is 4. The van der Waals surface area contributed by atoms with Crippen LogP contribution in [0.25, 0.3) is 22.3 Å². The van der Waals surface area contributed by atoms with E-state index >= 15 is 0 Å². The molecular formula is C16H9NO6. The van der Waals surface area contributed by atoms with Crippen molar-refractivity contribution in [1.29, 1.82) is 5.26 Å². The summed E-state index contributed by atoms with van der Waals surface area (Å²) in [6, 6.07) is 7.68. The fourth-order valence-electron chi connectivity index (χ4n) is 2.20.